The van der Waals surface area contributed by atoms with Crippen LogP contribution in [0.25, 0.3) is 0 Å². The molecule has 1 N–H and O–H groups in total. The minimum Gasteiger partial charge on any atom is -0.468 e. The summed E-state index contributed by atoms with van der Waals surface area (Å²) in [5, 5.41) is 2.70. The van der Waals surface area contributed by atoms with Crippen molar-refractivity contribution in [2.45, 2.75) is 12.2 Å². The summed E-state index contributed by atoms with van der Waals surface area (Å²) in [7, 11) is 2.55. The second-order valence-corrected chi connectivity index (χ2v) is 4.14. The van der Waals surface area contributed by atoms with E-state index < -0.39 is 29.6 Å². The van der Waals surface area contributed by atoms with Crippen LogP contribution in [0.1, 0.15) is 17.2 Å². The second kappa shape index (κ2) is 7.37. The van der Waals surface area contributed by atoms with Gasteiger partial charge in [0.25, 0.3) is 0 Å². The summed E-state index contributed by atoms with van der Waals surface area (Å²) in [5.74, 6) is -2.17. The highest BCUT2D eigenvalue weighted by Gasteiger charge is 2.35. The van der Waals surface area contributed by atoms with Crippen LogP contribution in [0.5, 0.6) is 0 Å². The molecule has 1 atom stereocenters. The van der Waals surface area contributed by atoms with Crippen LogP contribution >= 0.6 is 0 Å². The van der Waals surface area contributed by atoms with Crippen LogP contribution in [0.15, 0.2) is 18.2 Å². The van der Waals surface area contributed by atoms with Crippen LogP contribution in [-0.2, 0) is 20.4 Å². The molecule has 0 saturated carbocycles. The number of hydrogen-bond donors (Lipinski definition) is 1. The quantitative estimate of drug-likeness (QED) is 0.498. The van der Waals surface area contributed by atoms with E-state index in [0.717, 1.165) is 13.2 Å². The topological polar surface area (TPSA) is 47.6 Å². The van der Waals surface area contributed by atoms with Crippen molar-refractivity contribution in [2.75, 3.05) is 27.4 Å². The van der Waals surface area contributed by atoms with E-state index in [9.17, 15) is 22.4 Å². The van der Waals surface area contributed by atoms with Crippen molar-refractivity contribution in [3.05, 3.63) is 35.1 Å². The summed E-state index contributed by atoms with van der Waals surface area (Å²) >= 11 is 0. The van der Waals surface area contributed by atoms with Crippen molar-refractivity contribution in [1.29, 1.82) is 0 Å². The lowest BCUT2D eigenvalue weighted by Crippen LogP contribution is -2.32. The number of carbonyl (C=O) groups excluding carboxylic acids is 1. The lowest BCUT2D eigenvalue weighted by atomic mass is 10.0. The Labute approximate surface area is 119 Å². The predicted octanol–water partition coefficient (Wildman–Crippen LogP) is 2.29. The predicted molar refractivity (Wildman–Crippen MR) is 66.0 cm³/mol. The molecule has 4 nitrogen and oxygen atoms in total. The Morgan fingerprint density at radius 3 is 2.52 bits per heavy atom. The molecular weight excluding hydrogens is 294 g/mol. The van der Waals surface area contributed by atoms with Crippen molar-refractivity contribution < 1.29 is 31.8 Å². The minimum absolute atomic E-state index is 0.0355. The van der Waals surface area contributed by atoms with Crippen LogP contribution in [-0.4, -0.2) is 33.3 Å². The Bertz CT molecular complexity index is 491. The molecule has 1 aromatic rings. The first kappa shape index (κ1) is 17.4. The molecule has 0 aliphatic heterocycles. The van der Waals surface area contributed by atoms with Gasteiger partial charge < -0.3 is 9.47 Å². The number of methoxy groups -OCH3 is 2. The lowest BCUT2D eigenvalue weighted by molar-refractivity contribution is -0.144. The Morgan fingerprint density at radius 1 is 1.33 bits per heavy atom. The molecular formula is C13H15F4NO3. The third kappa shape index (κ3) is 4.68. The Kier molecular flexibility index (Phi) is 6.10. The zero-order valence-electron chi connectivity index (χ0n) is 11.5. The number of carbonyl (C=O) groups is 1. The highest BCUT2D eigenvalue weighted by Crippen LogP contribution is 2.33. The maximum atomic E-state index is 13.2. The molecule has 0 aromatic heterocycles. The van der Waals surface area contributed by atoms with E-state index in [1.807, 2.05) is 0 Å². The van der Waals surface area contributed by atoms with Crippen molar-refractivity contribution in [1.82, 2.24) is 5.32 Å². The molecule has 0 fully saturated rings. The third-order valence-corrected chi connectivity index (χ3v) is 2.72. The minimum atomic E-state index is -4.84. The van der Waals surface area contributed by atoms with Crippen LogP contribution < -0.4 is 5.32 Å². The Morgan fingerprint density at radius 2 is 2.00 bits per heavy atom. The maximum Gasteiger partial charge on any atom is 0.419 e. The molecule has 0 aliphatic rings. The molecule has 0 amide bonds. The van der Waals surface area contributed by atoms with Gasteiger partial charge in [-0.2, -0.15) is 13.2 Å². The number of halogens is 4. The fourth-order valence-corrected chi connectivity index (χ4v) is 1.70. The molecule has 21 heavy (non-hydrogen) atoms. The largest absolute Gasteiger partial charge is 0.468 e. The van der Waals surface area contributed by atoms with E-state index in [1.165, 1.54) is 7.11 Å². The molecule has 0 spiro atoms. The fraction of sp³-hybridized carbons (Fsp3) is 0.462. The van der Waals surface area contributed by atoms with E-state index >= 15 is 0 Å². The summed E-state index contributed by atoms with van der Waals surface area (Å²) in [4.78, 5) is 11.7. The smallest absolute Gasteiger partial charge is 0.419 e. The molecule has 1 unspecified atom stereocenters. The van der Waals surface area contributed by atoms with Gasteiger partial charge in [-0.1, -0.05) is 6.07 Å². The second-order valence-electron chi connectivity index (χ2n) is 4.14. The third-order valence-electron chi connectivity index (χ3n) is 2.72. The summed E-state index contributed by atoms with van der Waals surface area (Å²) in [5.41, 5.74) is -1.46. The van der Waals surface area contributed by atoms with Gasteiger partial charge in [-0.3, -0.25) is 5.32 Å². The molecule has 0 heterocycles. The van der Waals surface area contributed by atoms with Crippen LogP contribution in [0.2, 0.25) is 0 Å². The van der Waals surface area contributed by atoms with Gasteiger partial charge in [0.15, 0.2) is 0 Å². The average Bonchev–Trinajstić information content (AvgIpc) is 2.42. The highest BCUT2D eigenvalue weighted by atomic mass is 19.4. The van der Waals surface area contributed by atoms with Crippen LogP contribution in [0.4, 0.5) is 17.6 Å². The van der Waals surface area contributed by atoms with E-state index in [-0.39, 0.29) is 18.7 Å². The number of rotatable bonds is 6. The highest BCUT2D eigenvalue weighted by molar-refractivity contribution is 5.77. The number of hydrogen-bond acceptors (Lipinski definition) is 4. The standard InChI is InChI=1S/C13H15F4NO3/c1-20-6-5-18-11(12(19)21-2)8-3-4-10(14)9(7-8)13(15,16)17/h3-4,7,11,18H,5-6H2,1-2H3. The van der Waals surface area contributed by atoms with Gasteiger partial charge in [-0.05, 0) is 17.7 Å². The van der Waals surface area contributed by atoms with Crippen molar-refractivity contribution >= 4 is 5.97 Å². The lowest BCUT2D eigenvalue weighted by Gasteiger charge is -2.18. The molecule has 0 bridgehead atoms. The number of esters is 1. The van der Waals surface area contributed by atoms with Gasteiger partial charge in [0.2, 0.25) is 0 Å². The van der Waals surface area contributed by atoms with Gasteiger partial charge in [0.05, 0.1) is 19.3 Å². The molecule has 0 saturated heterocycles. The first-order valence-electron chi connectivity index (χ1n) is 5.98. The Hall–Kier alpha value is -1.67. The zero-order valence-corrected chi connectivity index (χ0v) is 11.5. The van der Waals surface area contributed by atoms with Gasteiger partial charge in [-0.25, -0.2) is 9.18 Å². The molecule has 1 rings (SSSR count). The van der Waals surface area contributed by atoms with E-state index in [0.29, 0.717) is 12.1 Å². The normalized spacial score (nSPS) is 13.0. The van der Waals surface area contributed by atoms with Crippen molar-refractivity contribution in [2.24, 2.45) is 0 Å². The number of alkyl halides is 3. The first-order chi connectivity index (χ1) is 9.81. The van der Waals surface area contributed by atoms with Gasteiger partial charge in [-0.15, -0.1) is 0 Å². The summed E-state index contributed by atoms with van der Waals surface area (Å²) in [6.45, 7) is 0.468. The molecule has 0 radical (unpaired) electrons. The zero-order chi connectivity index (χ0) is 16.0. The molecule has 118 valence electrons. The fourth-order valence-electron chi connectivity index (χ4n) is 1.70. The average molecular weight is 309 g/mol. The molecule has 8 heteroatoms. The summed E-state index contributed by atoms with van der Waals surface area (Å²) in [6, 6.07) is 1.24. The van der Waals surface area contributed by atoms with Crippen molar-refractivity contribution in [3.63, 3.8) is 0 Å². The van der Waals surface area contributed by atoms with Crippen LogP contribution in [0.3, 0.4) is 0 Å². The molecule has 0 aliphatic carbocycles. The van der Waals surface area contributed by atoms with Crippen LogP contribution in [0, 0.1) is 5.82 Å². The van der Waals surface area contributed by atoms with E-state index in [4.69, 9.17) is 4.74 Å². The first-order valence-corrected chi connectivity index (χ1v) is 5.98. The monoisotopic (exact) mass is 309 g/mol. The van der Waals surface area contributed by atoms with Gasteiger partial charge in [0.1, 0.15) is 11.9 Å². The molecule has 1 aromatic carbocycles. The maximum absolute atomic E-state index is 13.2. The number of nitrogens with one attached hydrogen (secondary N) is 1. The summed E-state index contributed by atoms with van der Waals surface area (Å²) < 4.78 is 60.6. The number of ether oxygens (including phenoxy) is 2. The SMILES string of the molecule is COCCNC(C(=O)OC)c1ccc(F)c(C(F)(F)F)c1. The van der Waals surface area contributed by atoms with Crippen molar-refractivity contribution in [3.8, 4) is 0 Å². The van der Waals surface area contributed by atoms with E-state index in [2.05, 4.69) is 10.1 Å². The van der Waals surface area contributed by atoms with E-state index in [1.54, 1.807) is 0 Å². The Balaban J connectivity index is 3.10. The number of benzene rings is 1. The van der Waals surface area contributed by atoms with Gasteiger partial charge >= 0.3 is 12.1 Å². The summed E-state index contributed by atoms with van der Waals surface area (Å²) in [6.07, 6.45) is -4.84. The van der Waals surface area contributed by atoms with Gasteiger partial charge in [0, 0.05) is 13.7 Å².